The van der Waals surface area contributed by atoms with Crippen LogP contribution >= 0.6 is 0 Å². The Morgan fingerprint density at radius 3 is 2.67 bits per heavy atom. The molecular formula is C12H23N3O3. The minimum absolute atomic E-state index is 0.315. The zero-order valence-corrected chi connectivity index (χ0v) is 11.3. The van der Waals surface area contributed by atoms with E-state index in [1.807, 2.05) is 0 Å². The SMILES string of the molecule is CC[C@@H](NC(=O)N(C)CC1CCCN1C)C(=O)O. The summed E-state index contributed by atoms with van der Waals surface area (Å²) in [5.74, 6) is -0.989. The van der Waals surface area contributed by atoms with Crippen LogP contribution in [0.1, 0.15) is 26.2 Å². The summed E-state index contributed by atoms with van der Waals surface area (Å²) in [5, 5.41) is 11.4. The molecule has 1 heterocycles. The predicted octanol–water partition coefficient (Wildman–Crippen LogP) is 0.585. The highest BCUT2D eigenvalue weighted by Gasteiger charge is 2.25. The molecule has 2 amide bonds. The Kier molecular flexibility index (Phi) is 5.40. The minimum Gasteiger partial charge on any atom is -0.480 e. The van der Waals surface area contributed by atoms with Crippen molar-refractivity contribution in [1.82, 2.24) is 15.1 Å². The van der Waals surface area contributed by atoms with Crippen LogP contribution in [0, 0.1) is 0 Å². The number of amides is 2. The second-order valence-corrected chi connectivity index (χ2v) is 4.91. The van der Waals surface area contributed by atoms with Gasteiger partial charge in [-0.3, -0.25) is 0 Å². The van der Waals surface area contributed by atoms with Crippen LogP contribution in [0.15, 0.2) is 0 Å². The fourth-order valence-corrected chi connectivity index (χ4v) is 2.21. The van der Waals surface area contributed by atoms with E-state index in [0.717, 1.165) is 19.4 Å². The van der Waals surface area contributed by atoms with E-state index in [0.29, 0.717) is 19.0 Å². The summed E-state index contributed by atoms with van der Waals surface area (Å²) in [7, 11) is 3.76. The van der Waals surface area contributed by atoms with Crippen molar-refractivity contribution in [1.29, 1.82) is 0 Å². The van der Waals surface area contributed by atoms with Crippen LogP contribution in [-0.4, -0.2) is 66.2 Å². The van der Waals surface area contributed by atoms with Crippen molar-refractivity contribution >= 4 is 12.0 Å². The lowest BCUT2D eigenvalue weighted by Gasteiger charge is -2.27. The molecule has 2 N–H and O–H groups in total. The molecule has 0 bridgehead atoms. The zero-order valence-electron chi connectivity index (χ0n) is 11.3. The monoisotopic (exact) mass is 257 g/mol. The van der Waals surface area contributed by atoms with E-state index in [2.05, 4.69) is 17.3 Å². The number of likely N-dealkylation sites (tertiary alicyclic amines) is 1. The van der Waals surface area contributed by atoms with Gasteiger partial charge in [0.05, 0.1) is 0 Å². The average molecular weight is 257 g/mol. The summed E-state index contributed by atoms with van der Waals surface area (Å²) in [6.45, 7) is 3.44. The molecule has 1 saturated heterocycles. The Morgan fingerprint density at radius 2 is 2.22 bits per heavy atom. The molecule has 1 aliphatic heterocycles. The number of hydrogen-bond donors (Lipinski definition) is 2. The van der Waals surface area contributed by atoms with Crippen molar-refractivity contribution in [2.45, 2.75) is 38.3 Å². The number of carboxylic acid groups (broad SMARTS) is 1. The van der Waals surface area contributed by atoms with Gasteiger partial charge in [0.15, 0.2) is 0 Å². The molecule has 1 unspecified atom stereocenters. The summed E-state index contributed by atoms with van der Waals surface area (Å²) >= 11 is 0. The maximum absolute atomic E-state index is 11.8. The molecular weight excluding hydrogens is 234 g/mol. The van der Waals surface area contributed by atoms with E-state index < -0.39 is 12.0 Å². The average Bonchev–Trinajstić information content (AvgIpc) is 2.71. The molecule has 1 fully saturated rings. The van der Waals surface area contributed by atoms with Crippen LogP contribution in [-0.2, 0) is 4.79 Å². The van der Waals surface area contributed by atoms with Crippen molar-refractivity contribution in [3.8, 4) is 0 Å². The van der Waals surface area contributed by atoms with Crippen molar-refractivity contribution < 1.29 is 14.7 Å². The van der Waals surface area contributed by atoms with Crippen molar-refractivity contribution in [3.05, 3.63) is 0 Å². The van der Waals surface area contributed by atoms with E-state index in [1.54, 1.807) is 18.9 Å². The van der Waals surface area contributed by atoms with Crippen LogP contribution in [0.4, 0.5) is 4.79 Å². The Balaban J connectivity index is 2.43. The molecule has 0 radical (unpaired) electrons. The Bertz CT molecular complexity index is 309. The van der Waals surface area contributed by atoms with Gasteiger partial charge < -0.3 is 20.2 Å². The smallest absolute Gasteiger partial charge is 0.326 e. The number of nitrogens with zero attached hydrogens (tertiary/aromatic N) is 2. The van der Waals surface area contributed by atoms with E-state index in [4.69, 9.17) is 5.11 Å². The lowest BCUT2D eigenvalue weighted by molar-refractivity contribution is -0.139. The van der Waals surface area contributed by atoms with Crippen LogP contribution in [0.2, 0.25) is 0 Å². The van der Waals surface area contributed by atoms with Gasteiger partial charge in [-0.25, -0.2) is 9.59 Å². The molecule has 0 aromatic rings. The van der Waals surface area contributed by atoms with Gasteiger partial charge in [0.25, 0.3) is 0 Å². The van der Waals surface area contributed by atoms with Crippen molar-refractivity contribution in [3.63, 3.8) is 0 Å². The molecule has 0 spiro atoms. The van der Waals surface area contributed by atoms with Crippen molar-refractivity contribution in [2.75, 3.05) is 27.2 Å². The lowest BCUT2D eigenvalue weighted by Crippen LogP contribution is -2.49. The maximum atomic E-state index is 11.8. The van der Waals surface area contributed by atoms with Gasteiger partial charge in [0, 0.05) is 19.6 Å². The number of urea groups is 1. The normalized spacial score (nSPS) is 21.6. The Hall–Kier alpha value is -1.30. The number of nitrogens with one attached hydrogen (secondary N) is 1. The summed E-state index contributed by atoms with van der Waals surface area (Å²) < 4.78 is 0. The third kappa shape index (κ3) is 3.87. The second-order valence-electron chi connectivity index (χ2n) is 4.91. The van der Waals surface area contributed by atoms with Crippen LogP contribution in [0.25, 0.3) is 0 Å². The van der Waals surface area contributed by atoms with Crippen LogP contribution in [0.3, 0.4) is 0 Å². The summed E-state index contributed by atoms with van der Waals surface area (Å²) in [4.78, 5) is 26.5. The summed E-state index contributed by atoms with van der Waals surface area (Å²) in [6, 6.07) is -0.739. The number of aliphatic carboxylic acids is 1. The van der Waals surface area contributed by atoms with Gasteiger partial charge in [0.2, 0.25) is 0 Å². The molecule has 104 valence electrons. The van der Waals surface area contributed by atoms with Gasteiger partial charge in [-0.15, -0.1) is 0 Å². The third-order valence-corrected chi connectivity index (χ3v) is 3.51. The predicted molar refractivity (Wildman–Crippen MR) is 68.5 cm³/mol. The van der Waals surface area contributed by atoms with E-state index >= 15 is 0 Å². The highest BCUT2D eigenvalue weighted by molar-refractivity contribution is 5.82. The molecule has 1 aliphatic rings. The molecule has 0 saturated carbocycles. The lowest BCUT2D eigenvalue weighted by atomic mass is 10.2. The zero-order chi connectivity index (χ0) is 13.7. The molecule has 6 heteroatoms. The number of likely N-dealkylation sites (N-methyl/N-ethyl adjacent to an activating group) is 2. The van der Waals surface area contributed by atoms with E-state index in [-0.39, 0.29) is 6.03 Å². The van der Waals surface area contributed by atoms with Gasteiger partial charge in [-0.2, -0.15) is 0 Å². The molecule has 2 atom stereocenters. The first-order chi connectivity index (χ1) is 8.45. The van der Waals surface area contributed by atoms with Crippen LogP contribution in [0.5, 0.6) is 0 Å². The fourth-order valence-electron chi connectivity index (χ4n) is 2.21. The van der Waals surface area contributed by atoms with Crippen LogP contribution < -0.4 is 5.32 Å². The molecule has 0 aromatic heterocycles. The molecule has 18 heavy (non-hydrogen) atoms. The topological polar surface area (TPSA) is 72.9 Å². The molecule has 6 nitrogen and oxygen atoms in total. The Morgan fingerprint density at radius 1 is 1.56 bits per heavy atom. The minimum atomic E-state index is -0.989. The van der Waals surface area contributed by atoms with E-state index in [9.17, 15) is 9.59 Å². The fraction of sp³-hybridized carbons (Fsp3) is 0.833. The number of carbonyl (C=O) groups excluding carboxylic acids is 1. The molecule has 1 rings (SSSR count). The maximum Gasteiger partial charge on any atom is 0.326 e. The summed E-state index contributed by atoms with van der Waals surface area (Å²) in [6.07, 6.45) is 2.63. The quantitative estimate of drug-likeness (QED) is 0.756. The highest BCUT2D eigenvalue weighted by atomic mass is 16.4. The van der Waals surface area contributed by atoms with Gasteiger partial charge in [0.1, 0.15) is 6.04 Å². The largest absolute Gasteiger partial charge is 0.480 e. The third-order valence-electron chi connectivity index (χ3n) is 3.51. The number of hydrogen-bond acceptors (Lipinski definition) is 3. The number of rotatable bonds is 5. The first-order valence-corrected chi connectivity index (χ1v) is 6.40. The Labute approximate surface area is 108 Å². The molecule has 0 aliphatic carbocycles. The molecule has 0 aromatic carbocycles. The number of carbonyl (C=O) groups is 2. The standard InChI is InChI=1S/C12H23N3O3/c1-4-10(11(16)17)13-12(18)15(3)8-9-6-5-7-14(9)2/h9-10H,4-8H2,1-3H3,(H,13,18)(H,16,17)/t9?,10-/m1/s1. The van der Waals surface area contributed by atoms with Crippen molar-refractivity contribution in [2.24, 2.45) is 0 Å². The first-order valence-electron chi connectivity index (χ1n) is 6.40. The van der Waals surface area contributed by atoms with Gasteiger partial charge >= 0.3 is 12.0 Å². The highest BCUT2D eigenvalue weighted by Crippen LogP contribution is 2.15. The van der Waals surface area contributed by atoms with Gasteiger partial charge in [-0.05, 0) is 32.9 Å². The van der Waals surface area contributed by atoms with Gasteiger partial charge in [-0.1, -0.05) is 6.92 Å². The summed E-state index contributed by atoms with van der Waals surface area (Å²) in [5.41, 5.74) is 0. The van der Waals surface area contributed by atoms with E-state index in [1.165, 1.54) is 0 Å². The number of carboxylic acids is 1. The second kappa shape index (κ2) is 6.58. The first kappa shape index (κ1) is 14.8.